The first-order valence-electron chi connectivity index (χ1n) is 7.04. The van der Waals surface area contributed by atoms with Gasteiger partial charge in [0.15, 0.2) is 0 Å². The fourth-order valence-corrected chi connectivity index (χ4v) is 3.66. The van der Waals surface area contributed by atoms with Crippen LogP contribution in [0.2, 0.25) is 0 Å². The van der Waals surface area contributed by atoms with Gasteiger partial charge in [-0.3, -0.25) is 0 Å². The minimum atomic E-state index is 0.706. The van der Waals surface area contributed by atoms with E-state index in [0.717, 1.165) is 35.5 Å². The average Bonchev–Trinajstić information content (AvgIpc) is 3.11. The maximum absolute atomic E-state index is 4.62. The lowest BCUT2D eigenvalue weighted by atomic mass is 10.3. The van der Waals surface area contributed by atoms with Crippen LogP contribution in [-0.2, 0) is 6.54 Å². The van der Waals surface area contributed by atoms with Gasteiger partial charge in [-0.25, -0.2) is 4.98 Å². The molecule has 3 aromatic rings. The molecule has 6 heteroatoms. The Hall–Kier alpha value is -1.66. The molecular weight excluding hydrogens is 300 g/mol. The average molecular weight is 318 g/mol. The fraction of sp³-hybridized carbons (Fsp3) is 0.333. The van der Waals surface area contributed by atoms with E-state index < -0.39 is 0 Å². The van der Waals surface area contributed by atoms with Crippen molar-refractivity contribution in [2.24, 2.45) is 0 Å². The third-order valence-corrected chi connectivity index (χ3v) is 5.07. The molecule has 0 spiro atoms. The molecule has 0 aromatic carbocycles. The summed E-state index contributed by atoms with van der Waals surface area (Å²) >= 11 is 3.42. The van der Waals surface area contributed by atoms with Crippen LogP contribution in [0.3, 0.4) is 0 Å². The zero-order chi connectivity index (χ0) is 14.7. The summed E-state index contributed by atoms with van der Waals surface area (Å²) in [5.74, 6) is 1.62. The molecule has 3 heterocycles. The van der Waals surface area contributed by atoms with Crippen molar-refractivity contribution in [2.75, 3.05) is 17.2 Å². The molecule has 0 unspecified atom stereocenters. The number of anilines is 2. The summed E-state index contributed by atoms with van der Waals surface area (Å²) in [5, 5.41) is 12.0. The summed E-state index contributed by atoms with van der Waals surface area (Å²) in [6.07, 6.45) is 1.06. The van der Waals surface area contributed by atoms with Gasteiger partial charge >= 0.3 is 0 Å². The molecule has 0 saturated heterocycles. The second kappa shape index (κ2) is 6.41. The summed E-state index contributed by atoms with van der Waals surface area (Å²) in [4.78, 5) is 11.5. The van der Waals surface area contributed by atoms with Gasteiger partial charge in [-0.1, -0.05) is 6.92 Å². The fourth-order valence-electron chi connectivity index (χ4n) is 2.06. The van der Waals surface area contributed by atoms with Crippen LogP contribution >= 0.6 is 22.7 Å². The first-order valence-corrected chi connectivity index (χ1v) is 8.80. The molecule has 0 radical (unpaired) electrons. The molecule has 3 rings (SSSR count). The van der Waals surface area contributed by atoms with Gasteiger partial charge in [0.2, 0.25) is 5.95 Å². The molecule has 0 fully saturated rings. The summed E-state index contributed by atoms with van der Waals surface area (Å²) in [7, 11) is 0. The second-order valence-electron chi connectivity index (χ2n) is 4.84. The summed E-state index contributed by atoms with van der Waals surface area (Å²) in [6.45, 7) is 5.97. The number of nitrogens with zero attached hydrogens (tertiary/aromatic N) is 2. The molecule has 110 valence electrons. The van der Waals surface area contributed by atoms with Gasteiger partial charge in [0.05, 0.1) is 11.9 Å². The Bertz CT molecular complexity index is 732. The van der Waals surface area contributed by atoms with Crippen molar-refractivity contribution in [1.82, 2.24) is 9.97 Å². The molecule has 4 nitrogen and oxygen atoms in total. The molecule has 0 aliphatic rings. The third kappa shape index (κ3) is 3.16. The van der Waals surface area contributed by atoms with Gasteiger partial charge in [-0.15, -0.1) is 22.7 Å². The van der Waals surface area contributed by atoms with Gasteiger partial charge < -0.3 is 10.6 Å². The van der Waals surface area contributed by atoms with Gasteiger partial charge in [0, 0.05) is 11.4 Å². The molecule has 0 amide bonds. The van der Waals surface area contributed by atoms with Crippen LogP contribution in [0.4, 0.5) is 11.8 Å². The van der Waals surface area contributed by atoms with Gasteiger partial charge in [0.1, 0.15) is 10.6 Å². The van der Waals surface area contributed by atoms with Crippen molar-refractivity contribution in [2.45, 2.75) is 26.8 Å². The van der Waals surface area contributed by atoms with E-state index >= 15 is 0 Å². The van der Waals surface area contributed by atoms with E-state index in [9.17, 15) is 0 Å². The first-order chi connectivity index (χ1) is 10.3. The van der Waals surface area contributed by atoms with E-state index in [0.29, 0.717) is 5.95 Å². The highest BCUT2D eigenvalue weighted by Crippen LogP contribution is 2.27. The normalized spacial score (nSPS) is 11.0. The van der Waals surface area contributed by atoms with E-state index in [1.165, 1.54) is 10.4 Å². The zero-order valence-corrected chi connectivity index (χ0v) is 13.8. The van der Waals surface area contributed by atoms with Crippen molar-refractivity contribution < 1.29 is 0 Å². The number of hydrogen-bond acceptors (Lipinski definition) is 6. The standard InChI is InChI=1S/C15H18N4S2/c1-3-6-16-15-18-13(11-5-8-21-14(11)19-15)17-9-12-10(2)4-7-20-12/h4-5,7-8H,3,6,9H2,1-2H3,(H2,16,17,18,19). The van der Waals surface area contributed by atoms with Crippen molar-refractivity contribution in [3.8, 4) is 0 Å². The number of fused-ring (bicyclic) bond motifs is 1. The Kier molecular flexibility index (Phi) is 4.36. The number of rotatable bonds is 6. The van der Waals surface area contributed by atoms with Crippen LogP contribution < -0.4 is 10.6 Å². The van der Waals surface area contributed by atoms with E-state index in [1.54, 1.807) is 22.7 Å². The summed E-state index contributed by atoms with van der Waals surface area (Å²) in [6, 6.07) is 4.23. The number of thiophene rings is 2. The molecule has 0 aliphatic heterocycles. The molecule has 0 atom stereocenters. The molecule has 3 aromatic heterocycles. The lowest BCUT2D eigenvalue weighted by Crippen LogP contribution is -2.07. The lowest BCUT2D eigenvalue weighted by molar-refractivity contribution is 0.956. The van der Waals surface area contributed by atoms with Crippen molar-refractivity contribution in [3.05, 3.63) is 33.3 Å². The summed E-state index contributed by atoms with van der Waals surface area (Å²) < 4.78 is 0. The van der Waals surface area contributed by atoms with E-state index in [4.69, 9.17) is 0 Å². The van der Waals surface area contributed by atoms with Crippen molar-refractivity contribution in [3.63, 3.8) is 0 Å². The van der Waals surface area contributed by atoms with Gasteiger partial charge in [-0.2, -0.15) is 4.98 Å². The van der Waals surface area contributed by atoms with Gasteiger partial charge in [-0.05, 0) is 41.8 Å². The molecule has 0 aliphatic carbocycles. The van der Waals surface area contributed by atoms with Crippen LogP contribution in [-0.4, -0.2) is 16.5 Å². The summed E-state index contributed by atoms with van der Waals surface area (Å²) in [5.41, 5.74) is 1.33. The number of aromatic nitrogens is 2. The Labute approximate surface area is 132 Å². The minimum Gasteiger partial charge on any atom is -0.364 e. The maximum atomic E-state index is 4.62. The largest absolute Gasteiger partial charge is 0.364 e. The van der Waals surface area contributed by atoms with Crippen LogP contribution in [0.25, 0.3) is 10.2 Å². The minimum absolute atomic E-state index is 0.706. The van der Waals surface area contributed by atoms with E-state index in [1.807, 2.05) is 0 Å². The van der Waals surface area contributed by atoms with Gasteiger partial charge in [0.25, 0.3) is 0 Å². The predicted molar refractivity (Wildman–Crippen MR) is 92.6 cm³/mol. The Morgan fingerprint density at radius 1 is 1.10 bits per heavy atom. The zero-order valence-electron chi connectivity index (χ0n) is 12.1. The third-order valence-electron chi connectivity index (χ3n) is 3.24. The first kappa shape index (κ1) is 14.3. The smallest absolute Gasteiger partial charge is 0.226 e. The molecule has 0 saturated carbocycles. The molecule has 2 N–H and O–H groups in total. The Morgan fingerprint density at radius 3 is 2.71 bits per heavy atom. The second-order valence-corrected chi connectivity index (χ2v) is 6.74. The van der Waals surface area contributed by atoms with Crippen LogP contribution in [0, 0.1) is 6.92 Å². The SMILES string of the molecule is CCCNc1nc(NCc2sccc2C)c2ccsc2n1. The van der Waals surface area contributed by atoms with Crippen molar-refractivity contribution >= 4 is 44.7 Å². The Balaban J connectivity index is 1.85. The quantitative estimate of drug-likeness (QED) is 0.703. The molecule has 21 heavy (non-hydrogen) atoms. The highest BCUT2D eigenvalue weighted by Gasteiger charge is 2.09. The van der Waals surface area contributed by atoms with Crippen LogP contribution in [0.15, 0.2) is 22.9 Å². The van der Waals surface area contributed by atoms with E-state index in [-0.39, 0.29) is 0 Å². The van der Waals surface area contributed by atoms with Crippen LogP contribution in [0.5, 0.6) is 0 Å². The number of nitrogens with one attached hydrogen (secondary N) is 2. The highest BCUT2D eigenvalue weighted by atomic mass is 32.1. The van der Waals surface area contributed by atoms with Crippen molar-refractivity contribution in [1.29, 1.82) is 0 Å². The van der Waals surface area contributed by atoms with E-state index in [2.05, 4.69) is 57.3 Å². The molecule has 0 bridgehead atoms. The highest BCUT2D eigenvalue weighted by molar-refractivity contribution is 7.16. The lowest BCUT2D eigenvalue weighted by Gasteiger charge is -2.09. The topological polar surface area (TPSA) is 49.8 Å². The maximum Gasteiger partial charge on any atom is 0.226 e. The monoisotopic (exact) mass is 318 g/mol. The molecular formula is C15H18N4S2. The Morgan fingerprint density at radius 2 is 1.95 bits per heavy atom. The number of hydrogen-bond donors (Lipinski definition) is 2. The number of aryl methyl sites for hydroxylation is 1. The predicted octanol–water partition coefficient (Wildman–Crippen LogP) is 4.50. The van der Waals surface area contributed by atoms with Crippen LogP contribution in [0.1, 0.15) is 23.8 Å².